The second-order valence-corrected chi connectivity index (χ2v) is 4.49. The molecule has 0 bridgehead atoms. The van der Waals surface area contributed by atoms with E-state index in [0.717, 1.165) is 30.8 Å². The van der Waals surface area contributed by atoms with Gasteiger partial charge < -0.3 is 15.7 Å². The number of aryl methyl sites for hydroxylation is 1. The Morgan fingerprint density at radius 3 is 2.81 bits per heavy atom. The minimum atomic E-state index is 0.0944. The van der Waals surface area contributed by atoms with Crippen molar-refractivity contribution in [3.05, 3.63) is 11.8 Å². The van der Waals surface area contributed by atoms with Gasteiger partial charge in [-0.2, -0.15) is 4.98 Å². The van der Waals surface area contributed by atoms with Crippen LogP contribution in [0.4, 0.5) is 11.8 Å². The first-order chi connectivity index (χ1) is 7.69. The smallest absolute Gasteiger partial charge is 0.224 e. The van der Waals surface area contributed by atoms with Crippen molar-refractivity contribution >= 4 is 11.8 Å². The molecule has 5 nitrogen and oxygen atoms in total. The zero-order valence-electron chi connectivity index (χ0n) is 9.75. The molecule has 0 unspecified atom stereocenters. The molecule has 1 aliphatic rings. The maximum Gasteiger partial charge on any atom is 0.224 e. The second kappa shape index (κ2) is 4.25. The van der Waals surface area contributed by atoms with Crippen molar-refractivity contribution in [1.29, 1.82) is 0 Å². The molecule has 0 spiro atoms. The average molecular weight is 222 g/mol. The summed E-state index contributed by atoms with van der Waals surface area (Å²) >= 11 is 0. The SMILES string of the molecule is CNc1ncc(C)c(NCC2(CO)CC2)n1. The second-order valence-electron chi connectivity index (χ2n) is 4.49. The fourth-order valence-corrected chi connectivity index (χ4v) is 1.58. The lowest BCUT2D eigenvalue weighted by Gasteiger charge is -2.14. The molecule has 0 radical (unpaired) electrons. The van der Waals surface area contributed by atoms with Gasteiger partial charge in [-0.3, -0.25) is 0 Å². The van der Waals surface area contributed by atoms with Gasteiger partial charge in [0.05, 0.1) is 6.61 Å². The van der Waals surface area contributed by atoms with Gasteiger partial charge in [0, 0.05) is 30.8 Å². The van der Waals surface area contributed by atoms with Crippen molar-refractivity contribution in [1.82, 2.24) is 9.97 Å². The normalized spacial score (nSPS) is 16.9. The Morgan fingerprint density at radius 2 is 2.25 bits per heavy atom. The third-order valence-corrected chi connectivity index (χ3v) is 3.12. The first kappa shape index (κ1) is 11.1. The van der Waals surface area contributed by atoms with Gasteiger partial charge in [-0.15, -0.1) is 0 Å². The van der Waals surface area contributed by atoms with Gasteiger partial charge in [0.2, 0.25) is 5.95 Å². The monoisotopic (exact) mass is 222 g/mol. The van der Waals surface area contributed by atoms with E-state index in [0.29, 0.717) is 5.95 Å². The van der Waals surface area contributed by atoms with E-state index < -0.39 is 0 Å². The van der Waals surface area contributed by atoms with E-state index in [1.54, 1.807) is 13.2 Å². The number of nitrogens with one attached hydrogen (secondary N) is 2. The third kappa shape index (κ3) is 2.24. The van der Waals surface area contributed by atoms with Gasteiger partial charge in [-0.25, -0.2) is 4.98 Å². The summed E-state index contributed by atoms with van der Waals surface area (Å²) in [6.07, 6.45) is 3.98. The van der Waals surface area contributed by atoms with Crippen LogP contribution in [-0.4, -0.2) is 35.3 Å². The highest BCUT2D eigenvalue weighted by atomic mass is 16.3. The first-order valence-electron chi connectivity index (χ1n) is 5.55. The van der Waals surface area contributed by atoms with Crippen LogP contribution in [0.3, 0.4) is 0 Å². The molecule has 1 aromatic rings. The molecule has 0 atom stereocenters. The van der Waals surface area contributed by atoms with Crippen molar-refractivity contribution in [2.24, 2.45) is 5.41 Å². The summed E-state index contributed by atoms with van der Waals surface area (Å²) in [4.78, 5) is 8.47. The zero-order chi connectivity index (χ0) is 11.6. The molecular formula is C11H18N4O. The van der Waals surface area contributed by atoms with Gasteiger partial charge >= 0.3 is 0 Å². The van der Waals surface area contributed by atoms with Crippen LogP contribution in [0.25, 0.3) is 0 Å². The molecule has 88 valence electrons. The number of aliphatic hydroxyl groups is 1. The molecule has 1 saturated carbocycles. The van der Waals surface area contributed by atoms with Gasteiger partial charge in [0.15, 0.2) is 0 Å². The lowest BCUT2D eigenvalue weighted by Crippen LogP contribution is -2.20. The van der Waals surface area contributed by atoms with Crippen molar-refractivity contribution < 1.29 is 5.11 Å². The first-order valence-corrected chi connectivity index (χ1v) is 5.55. The van der Waals surface area contributed by atoms with E-state index in [9.17, 15) is 5.11 Å². The molecule has 0 aromatic carbocycles. The van der Waals surface area contributed by atoms with E-state index in [4.69, 9.17) is 0 Å². The molecule has 0 saturated heterocycles. The molecule has 0 aliphatic heterocycles. The molecule has 3 N–H and O–H groups in total. The summed E-state index contributed by atoms with van der Waals surface area (Å²) in [5, 5.41) is 15.4. The van der Waals surface area contributed by atoms with Gasteiger partial charge in [-0.05, 0) is 19.8 Å². The van der Waals surface area contributed by atoms with Crippen molar-refractivity contribution in [3.63, 3.8) is 0 Å². The topological polar surface area (TPSA) is 70.1 Å². The summed E-state index contributed by atoms with van der Waals surface area (Å²) in [6, 6.07) is 0. The minimum Gasteiger partial charge on any atom is -0.396 e. The molecule has 1 heterocycles. The molecule has 1 aromatic heterocycles. The summed E-state index contributed by atoms with van der Waals surface area (Å²) in [5.74, 6) is 1.46. The van der Waals surface area contributed by atoms with Crippen molar-refractivity contribution in [3.8, 4) is 0 Å². The fourth-order valence-electron chi connectivity index (χ4n) is 1.58. The Bertz CT molecular complexity index is 376. The molecule has 5 heteroatoms. The maximum absolute atomic E-state index is 9.22. The standard InChI is InChI=1S/C11H18N4O/c1-8-5-13-10(12-2)15-9(8)14-6-11(7-16)3-4-11/h5,16H,3-4,6-7H2,1-2H3,(H2,12,13,14,15). The Morgan fingerprint density at radius 1 is 1.50 bits per heavy atom. The largest absolute Gasteiger partial charge is 0.396 e. The Balaban J connectivity index is 2.03. The van der Waals surface area contributed by atoms with Crippen LogP contribution in [0.2, 0.25) is 0 Å². The quantitative estimate of drug-likeness (QED) is 0.693. The van der Waals surface area contributed by atoms with Gasteiger partial charge in [0.25, 0.3) is 0 Å². The molecule has 16 heavy (non-hydrogen) atoms. The van der Waals surface area contributed by atoms with Crippen molar-refractivity contribution in [2.45, 2.75) is 19.8 Å². The third-order valence-electron chi connectivity index (χ3n) is 3.12. The highest BCUT2D eigenvalue weighted by Crippen LogP contribution is 2.44. The lowest BCUT2D eigenvalue weighted by molar-refractivity contribution is 0.219. The van der Waals surface area contributed by atoms with E-state index in [1.807, 2.05) is 6.92 Å². The van der Waals surface area contributed by atoms with Gasteiger partial charge in [0.1, 0.15) is 5.82 Å². The number of hydrogen-bond donors (Lipinski definition) is 3. The Labute approximate surface area is 95.3 Å². The average Bonchev–Trinajstić information content (AvgIpc) is 3.09. The Kier molecular flexibility index (Phi) is 2.96. The number of aromatic nitrogens is 2. The number of hydrogen-bond acceptors (Lipinski definition) is 5. The highest BCUT2D eigenvalue weighted by molar-refractivity contribution is 5.46. The van der Waals surface area contributed by atoms with Crippen LogP contribution < -0.4 is 10.6 Å². The van der Waals surface area contributed by atoms with Crippen LogP contribution in [-0.2, 0) is 0 Å². The lowest BCUT2D eigenvalue weighted by atomic mass is 10.1. The summed E-state index contributed by atoms with van der Waals surface area (Å²) in [5.41, 5.74) is 1.12. The minimum absolute atomic E-state index is 0.0944. The maximum atomic E-state index is 9.22. The van der Waals surface area contributed by atoms with Crippen LogP contribution in [0, 0.1) is 12.3 Å². The fraction of sp³-hybridized carbons (Fsp3) is 0.636. The Hall–Kier alpha value is -1.36. The van der Waals surface area contributed by atoms with Gasteiger partial charge in [-0.1, -0.05) is 0 Å². The summed E-state index contributed by atoms with van der Waals surface area (Å²) in [7, 11) is 1.80. The zero-order valence-corrected chi connectivity index (χ0v) is 9.75. The number of aliphatic hydroxyl groups excluding tert-OH is 1. The van der Waals surface area contributed by atoms with E-state index >= 15 is 0 Å². The van der Waals surface area contributed by atoms with Crippen LogP contribution in [0.1, 0.15) is 18.4 Å². The van der Waals surface area contributed by atoms with Crippen LogP contribution in [0.5, 0.6) is 0 Å². The number of nitrogens with zero attached hydrogens (tertiary/aromatic N) is 2. The highest BCUT2D eigenvalue weighted by Gasteiger charge is 2.41. The summed E-state index contributed by atoms with van der Waals surface area (Å²) < 4.78 is 0. The summed E-state index contributed by atoms with van der Waals surface area (Å²) in [6.45, 7) is 3.01. The molecular weight excluding hydrogens is 204 g/mol. The van der Waals surface area contributed by atoms with E-state index in [2.05, 4.69) is 20.6 Å². The molecule has 0 amide bonds. The van der Waals surface area contributed by atoms with Crippen molar-refractivity contribution in [2.75, 3.05) is 30.8 Å². The van der Waals surface area contributed by atoms with Crippen LogP contribution >= 0.6 is 0 Å². The number of rotatable bonds is 5. The predicted octanol–water partition coefficient (Wildman–Crippen LogP) is 1.01. The predicted molar refractivity (Wildman–Crippen MR) is 63.6 cm³/mol. The van der Waals surface area contributed by atoms with Crippen LogP contribution in [0.15, 0.2) is 6.20 Å². The van der Waals surface area contributed by atoms with E-state index in [-0.39, 0.29) is 12.0 Å². The molecule has 2 rings (SSSR count). The molecule has 1 aliphatic carbocycles. The van der Waals surface area contributed by atoms with E-state index in [1.165, 1.54) is 0 Å². The number of anilines is 2. The molecule has 1 fully saturated rings.